The Hall–Kier alpha value is -1.73. The van der Waals surface area contributed by atoms with Crippen LogP contribution in [0, 0.1) is 10.6 Å². The van der Waals surface area contributed by atoms with Crippen LogP contribution in [0.3, 0.4) is 0 Å². The third-order valence-electron chi connectivity index (χ3n) is 3.18. The van der Waals surface area contributed by atoms with Gasteiger partial charge < -0.3 is 14.1 Å². The fourth-order valence-corrected chi connectivity index (χ4v) is 2.58. The number of aryl methyl sites for hydroxylation is 3. The molecule has 1 aromatic carbocycles. The molecule has 0 saturated heterocycles. The molecule has 0 radical (unpaired) electrons. The summed E-state index contributed by atoms with van der Waals surface area (Å²) in [6, 6.07) is 2.93. The number of imidazole rings is 1. The molecule has 8 heteroatoms. The molecule has 3 aromatic rings. The number of halogens is 2. The first-order chi connectivity index (χ1) is 9.56. The second-order valence-electron chi connectivity index (χ2n) is 4.47. The second-order valence-corrected chi connectivity index (χ2v) is 5.27. The lowest BCUT2D eigenvalue weighted by Crippen LogP contribution is -2.05. The van der Waals surface area contributed by atoms with E-state index < -0.39 is 5.82 Å². The Balaban J connectivity index is 1.99. The number of aromatic nitrogens is 5. The van der Waals surface area contributed by atoms with Gasteiger partial charge in [-0.15, -0.1) is 10.2 Å². The maximum Gasteiger partial charge on any atom is 0.178 e. The Bertz CT molecular complexity index is 834. The predicted molar refractivity (Wildman–Crippen MR) is 76.8 cm³/mol. The zero-order valence-electron chi connectivity index (χ0n) is 10.6. The molecular formula is C12H11ClFN5S. The summed E-state index contributed by atoms with van der Waals surface area (Å²) in [4.78, 5) is 2.98. The Kier molecular flexibility index (Phi) is 3.31. The van der Waals surface area contributed by atoms with E-state index in [1.807, 2.05) is 16.2 Å². The summed E-state index contributed by atoms with van der Waals surface area (Å²) in [5.41, 5.74) is 1.42. The lowest BCUT2D eigenvalue weighted by Gasteiger charge is -2.04. The van der Waals surface area contributed by atoms with Crippen LogP contribution in [-0.4, -0.2) is 24.3 Å². The van der Waals surface area contributed by atoms with Gasteiger partial charge in [0.2, 0.25) is 0 Å². The minimum atomic E-state index is -0.462. The molecule has 0 atom stereocenters. The highest BCUT2D eigenvalue weighted by Gasteiger charge is 2.10. The maximum absolute atomic E-state index is 13.4. The van der Waals surface area contributed by atoms with Gasteiger partial charge in [0.15, 0.2) is 4.77 Å². The van der Waals surface area contributed by atoms with Gasteiger partial charge in [0.05, 0.1) is 16.1 Å². The Morgan fingerprint density at radius 2 is 2.25 bits per heavy atom. The first-order valence-electron chi connectivity index (χ1n) is 5.96. The summed E-state index contributed by atoms with van der Waals surface area (Å²) in [6.45, 7) is 0.618. The van der Waals surface area contributed by atoms with Gasteiger partial charge >= 0.3 is 0 Å². The summed E-state index contributed by atoms with van der Waals surface area (Å²) in [6.07, 6.45) is 2.32. The number of H-pyrrole nitrogens is 1. The number of nitrogens with one attached hydrogen (secondary N) is 1. The lowest BCUT2D eigenvalue weighted by atomic mass is 10.3. The average molecular weight is 312 g/mol. The Morgan fingerprint density at radius 1 is 1.45 bits per heavy atom. The van der Waals surface area contributed by atoms with Gasteiger partial charge in [-0.1, -0.05) is 11.6 Å². The highest BCUT2D eigenvalue weighted by atomic mass is 35.5. The van der Waals surface area contributed by atoms with Crippen LogP contribution in [0.25, 0.3) is 11.0 Å². The number of hydrogen-bond acceptors (Lipinski definition) is 3. The quantitative estimate of drug-likeness (QED) is 0.757. The molecule has 0 aliphatic rings. The predicted octanol–water partition coefficient (Wildman–Crippen LogP) is 2.86. The molecule has 0 unspecified atom stereocenters. The van der Waals surface area contributed by atoms with Crippen LogP contribution in [0.2, 0.25) is 5.02 Å². The van der Waals surface area contributed by atoms with E-state index in [9.17, 15) is 4.39 Å². The summed E-state index contributed by atoms with van der Waals surface area (Å²) in [5.74, 6) is 0.394. The normalized spacial score (nSPS) is 11.3. The van der Waals surface area contributed by atoms with Crippen LogP contribution < -0.4 is 0 Å². The molecule has 0 saturated carbocycles. The molecule has 104 valence electrons. The molecule has 0 amide bonds. The summed E-state index contributed by atoms with van der Waals surface area (Å²) < 4.78 is 17.7. The van der Waals surface area contributed by atoms with E-state index in [4.69, 9.17) is 23.8 Å². The van der Waals surface area contributed by atoms with E-state index in [1.54, 1.807) is 12.4 Å². The van der Waals surface area contributed by atoms with E-state index in [0.717, 1.165) is 11.3 Å². The summed E-state index contributed by atoms with van der Waals surface area (Å²) >= 11 is 11.1. The fourth-order valence-electron chi connectivity index (χ4n) is 2.12. The molecule has 0 aliphatic heterocycles. The van der Waals surface area contributed by atoms with Crippen molar-refractivity contribution in [2.24, 2.45) is 7.05 Å². The molecule has 0 bridgehead atoms. The van der Waals surface area contributed by atoms with Gasteiger partial charge in [-0.2, -0.15) is 0 Å². The molecule has 1 N–H and O–H groups in total. The van der Waals surface area contributed by atoms with Crippen LogP contribution in [0.15, 0.2) is 18.5 Å². The summed E-state index contributed by atoms with van der Waals surface area (Å²) in [7, 11) is 1.88. The highest BCUT2D eigenvalue weighted by molar-refractivity contribution is 7.71. The van der Waals surface area contributed by atoms with Gasteiger partial charge in [0.1, 0.15) is 18.0 Å². The topological polar surface area (TPSA) is 51.4 Å². The van der Waals surface area contributed by atoms with Gasteiger partial charge in [-0.05, 0) is 18.3 Å². The van der Waals surface area contributed by atoms with E-state index in [2.05, 4.69) is 15.2 Å². The zero-order chi connectivity index (χ0) is 14.3. The van der Waals surface area contributed by atoms with Crippen LogP contribution in [0.1, 0.15) is 5.82 Å². The third kappa shape index (κ3) is 2.23. The second kappa shape index (κ2) is 4.99. The minimum absolute atomic E-state index is 0.0823. The standard InChI is InChI=1S/C12H11ClFN5S/c1-18-6-15-17-11(18)2-3-19-10-4-7(13)8(14)5-9(10)16-12(19)20/h4-6H,2-3H2,1H3,(H,16,20). The van der Waals surface area contributed by atoms with Crippen molar-refractivity contribution in [1.82, 2.24) is 24.3 Å². The van der Waals surface area contributed by atoms with Crippen LogP contribution in [0.4, 0.5) is 4.39 Å². The van der Waals surface area contributed by atoms with Crippen molar-refractivity contribution in [1.29, 1.82) is 0 Å². The number of hydrogen-bond donors (Lipinski definition) is 1. The molecule has 20 heavy (non-hydrogen) atoms. The van der Waals surface area contributed by atoms with Crippen molar-refractivity contribution in [3.8, 4) is 0 Å². The number of benzene rings is 1. The smallest absolute Gasteiger partial charge is 0.178 e. The lowest BCUT2D eigenvalue weighted by molar-refractivity contribution is 0.629. The van der Waals surface area contributed by atoms with Gasteiger partial charge in [-0.3, -0.25) is 0 Å². The van der Waals surface area contributed by atoms with E-state index in [-0.39, 0.29) is 5.02 Å². The molecule has 3 rings (SSSR count). The van der Waals surface area contributed by atoms with Crippen molar-refractivity contribution >= 4 is 34.9 Å². The van der Waals surface area contributed by atoms with Crippen molar-refractivity contribution in [3.63, 3.8) is 0 Å². The minimum Gasteiger partial charge on any atom is -0.330 e. The molecule has 0 aliphatic carbocycles. The number of rotatable bonds is 3. The number of nitrogens with zero attached hydrogens (tertiary/aromatic N) is 4. The van der Waals surface area contributed by atoms with E-state index in [0.29, 0.717) is 23.3 Å². The van der Waals surface area contributed by atoms with Gasteiger partial charge in [-0.25, -0.2) is 4.39 Å². The van der Waals surface area contributed by atoms with Gasteiger partial charge in [0, 0.05) is 26.1 Å². The van der Waals surface area contributed by atoms with Crippen LogP contribution >= 0.6 is 23.8 Å². The van der Waals surface area contributed by atoms with Gasteiger partial charge in [0.25, 0.3) is 0 Å². The monoisotopic (exact) mass is 311 g/mol. The first-order valence-corrected chi connectivity index (χ1v) is 6.75. The molecule has 0 fully saturated rings. The third-order valence-corrected chi connectivity index (χ3v) is 3.79. The van der Waals surface area contributed by atoms with Crippen LogP contribution in [0.5, 0.6) is 0 Å². The van der Waals surface area contributed by atoms with Crippen molar-refractivity contribution < 1.29 is 4.39 Å². The largest absolute Gasteiger partial charge is 0.330 e. The molecule has 0 spiro atoms. The first kappa shape index (κ1) is 13.3. The zero-order valence-corrected chi connectivity index (χ0v) is 12.2. The van der Waals surface area contributed by atoms with Crippen molar-refractivity contribution in [2.75, 3.05) is 0 Å². The Morgan fingerprint density at radius 3 is 2.95 bits per heavy atom. The maximum atomic E-state index is 13.4. The summed E-state index contributed by atoms with van der Waals surface area (Å²) in [5, 5.41) is 7.94. The van der Waals surface area contributed by atoms with E-state index >= 15 is 0 Å². The highest BCUT2D eigenvalue weighted by Crippen LogP contribution is 2.23. The van der Waals surface area contributed by atoms with E-state index in [1.165, 1.54) is 6.07 Å². The SMILES string of the molecule is Cn1cnnc1CCn1c(=S)[nH]c2cc(F)c(Cl)cc21. The van der Waals surface area contributed by atoms with Crippen LogP contribution in [-0.2, 0) is 20.0 Å². The Labute approximate surface area is 124 Å². The van der Waals surface area contributed by atoms with Crippen molar-refractivity contribution in [3.05, 3.63) is 39.9 Å². The fraction of sp³-hybridized carbons (Fsp3) is 0.250. The molecule has 5 nitrogen and oxygen atoms in total. The number of fused-ring (bicyclic) bond motifs is 1. The van der Waals surface area contributed by atoms with Crippen molar-refractivity contribution in [2.45, 2.75) is 13.0 Å². The molecule has 2 aromatic heterocycles. The molecular weight excluding hydrogens is 301 g/mol. The molecule has 2 heterocycles. The average Bonchev–Trinajstić information content (AvgIpc) is 2.92. The number of aromatic amines is 1.